The lowest BCUT2D eigenvalue weighted by Gasteiger charge is -2.31. The summed E-state index contributed by atoms with van der Waals surface area (Å²) in [6, 6.07) is 15.4. The van der Waals surface area contributed by atoms with Crippen molar-refractivity contribution < 1.29 is 28.1 Å². The zero-order chi connectivity index (χ0) is 16.5. The lowest BCUT2D eigenvalue weighted by molar-refractivity contribution is -0.152. The average Bonchev–Trinajstić information content (AvgIpc) is 2.61. The molecule has 2 heterocycles. The summed E-state index contributed by atoms with van der Waals surface area (Å²) in [5.74, 6) is 0.890. The van der Waals surface area contributed by atoms with Crippen molar-refractivity contribution in [2.45, 2.75) is 24.9 Å². The summed E-state index contributed by atoms with van der Waals surface area (Å²) in [6.45, 7) is 1.94. The summed E-state index contributed by atoms with van der Waals surface area (Å²) in [7, 11) is 2.10. The molecular formula is C20H22ClNO3. The van der Waals surface area contributed by atoms with Gasteiger partial charge in [-0.2, -0.15) is 0 Å². The van der Waals surface area contributed by atoms with E-state index in [0.717, 1.165) is 48.6 Å². The van der Waals surface area contributed by atoms with Crippen LogP contribution in [-0.4, -0.2) is 37.1 Å². The molecule has 0 amide bonds. The minimum Gasteiger partial charge on any atom is -1.00 e. The summed E-state index contributed by atoms with van der Waals surface area (Å²) < 4.78 is 11.8. The van der Waals surface area contributed by atoms with Crippen LogP contribution in [0.5, 0.6) is 11.5 Å². The summed E-state index contributed by atoms with van der Waals surface area (Å²) in [6.07, 6.45) is 1.81. The molecule has 2 aliphatic heterocycles. The van der Waals surface area contributed by atoms with Gasteiger partial charge in [0.2, 0.25) is 0 Å². The summed E-state index contributed by atoms with van der Waals surface area (Å²) in [5.41, 5.74) is 1.77. The quantitative estimate of drug-likeness (QED) is 0.739. The monoisotopic (exact) mass is 359 g/mol. The molecule has 0 bridgehead atoms. The van der Waals surface area contributed by atoms with Crippen molar-refractivity contribution in [3.63, 3.8) is 0 Å². The first-order valence-corrected chi connectivity index (χ1v) is 8.47. The third kappa shape index (κ3) is 3.51. The van der Waals surface area contributed by atoms with Crippen LogP contribution in [0.3, 0.4) is 0 Å². The highest BCUT2D eigenvalue weighted by Gasteiger charge is 2.35. The Labute approximate surface area is 155 Å². The molecule has 25 heavy (non-hydrogen) atoms. The third-order valence-electron chi connectivity index (χ3n) is 4.86. The van der Waals surface area contributed by atoms with Gasteiger partial charge in [0.05, 0.1) is 0 Å². The number of fused-ring (bicyclic) bond motifs is 2. The van der Waals surface area contributed by atoms with E-state index in [-0.39, 0.29) is 25.9 Å². The van der Waals surface area contributed by atoms with Crippen LogP contribution in [0.25, 0.3) is 0 Å². The number of hydrogen-bond donors (Lipinski definition) is 0. The zero-order valence-electron chi connectivity index (χ0n) is 15.2. The number of ether oxygens (including phenoxy) is 2. The van der Waals surface area contributed by atoms with E-state index in [1.807, 2.05) is 48.5 Å². The van der Waals surface area contributed by atoms with E-state index in [2.05, 4.69) is 11.9 Å². The van der Waals surface area contributed by atoms with E-state index in [1.165, 1.54) is 0 Å². The number of carbonyl (C=O) groups is 1. The van der Waals surface area contributed by atoms with E-state index in [9.17, 15) is 4.79 Å². The maximum atomic E-state index is 13.0. The van der Waals surface area contributed by atoms with Crippen molar-refractivity contribution in [1.82, 2.24) is 4.90 Å². The number of esters is 1. The van der Waals surface area contributed by atoms with Crippen molar-refractivity contribution in [2.75, 3.05) is 20.1 Å². The highest BCUT2D eigenvalue weighted by molar-refractivity contribution is 5.85. The molecule has 0 unspecified atom stereocenters. The molecule has 2 aliphatic rings. The van der Waals surface area contributed by atoms with E-state index >= 15 is 0 Å². The van der Waals surface area contributed by atoms with Crippen molar-refractivity contribution in [2.24, 2.45) is 0 Å². The standard InChI is InChI=1S/C20H21NO3.ClH/c1-21-12-10-14(11-13-21)23-20(22)19-15-6-2-4-8-17(15)24-18-9-5-3-7-16(18)19;/h2-9,14,19H,10-13H2,1H3;1H. The number of para-hydroxylation sites is 2. The average molecular weight is 360 g/mol. The van der Waals surface area contributed by atoms with Gasteiger partial charge in [0.1, 0.15) is 23.5 Å². The molecule has 2 aromatic rings. The fraction of sp³-hybridized carbons (Fsp3) is 0.350. The normalized spacial score (nSPS) is 17.6. The van der Waals surface area contributed by atoms with Crippen LogP contribution in [0.4, 0.5) is 0 Å². The van der Waals surface area contributed by atoms with Gasteiger partial charge in [0, 0.05) is 24.2 Å². The van der Waals surface area contributed by atoms with Gasteiger partial charge in [-0.15, -0.1) is 0 Å². The summed E-state index contributed by atoms with van der Waals surface area (Å²) in [5, 5.41) is 0. The van der Waals surface area contributed by atoms with Gasteiger partial charge in [-0.25, -0.2) is 0 Å². The van der Waals surface area contributed by atoms with E-state index in [4.69, 9.17) is 9.47 Å². The molecule has 0 aromatic heterocycles. The molecule has 0 radical (unpaired) electrons. The van der Waals surface area contributed by atoms with Gasteiger partial charge in [0.15, 0.2) is 0 Å². The Morgan fingerprint density at radius 2 is 1.56 bits per heavy atom. The first-order chi connectivity index (χ1) is 11.7. The molecule has 132 valence electrons. The van der Waals surface area contributed by atoms with Gasteiger partial charge in [-0.05, 0) is 32.0 Å². The largest absolute Gasteiger partial charge is 1.00 e. The molecule has 5 heteroatoms. The first kappa shape index (κ1) is 17.8. The van der Waals surface area contributed by atoms with Crippen molar-refractivity contribution in [1.29, 1.82) is 0 Å². The Balaban J connectivity index is 0.00000121. The number of carbonyl (C=O) groups excluding carboxylic acids is 1. The van der Waals surface area contributed by atoms with Crippen LogP contribution in [-0.2, 0) is 9.53 Å². The first-order valence-electron chi connectivity index (χ1n) is 8.47. The topological polar surface area (TPSA) is 38.8 Å². The Bertz CT molecular complexity index is 717. The van der Waals surface area contributed by atoms with Gasteiger partial charge >= 0.3 is 7.40 Å². The van der Waals surface area contributed by atoms with Crippen LogP contribution in [0.1, 0.15) is 31.3 Å². The van der Waals surface area contributed by atoms with Crippen LogP contribution >= 0.6 is 0 Å². The zero-order valence-corrected chi connectivity index (χ0v) is 14.9. The van der Waals surface area contributed by atoms with E-state index in [1.54, 1.807) is 0 Å². The van der Waals surface area contributed by atoms with Crippen LogP contribution in [0, 0.1) is 0 Å². The molecule has 0 N–H and O–H groups in total. The van der Waals surface area contributed by atoms with Crippen LogP contribution in [0.15, 0.2) is 48.5 Å². The Kier molecular flexibility index (Phi) is 5.30. The molecule has 0 atom stereocenters. The molecule has 1 saturated heterocycles. The van der Waals surface area contributed by atoms with Gasteiger partial charge in [-0.3, -0.25) is 4.79 Å². The molecule has 0 saturated carbocycles. The number of rotatable bonds is 2. The third-order valence-corrected chi connectivity index (χ3v) is 4.86. The SMILES string of the molecule is CN1CCC(OC(=O)C2c3ccccc3Oc3ccccc32)CC1.[Cl-].[H+]. The van der Waals surface area contributed by atoms with E-state index < -0.39 is 5.92 Å². The van der Waals surface area contributed by atoms with Crippen LogP contribution in [0.2, 0.25) is 0 Å². The lowest BCUT2D eigenvalue weighted by atomic mass is 9.88. The second-order valence-corrected chi connectivity index (χ2v) is 6.55. The van der Waals surface area contributed by atoms with E-state index in [0.29, 0.717) is 0 Å². The predicted octanol–water partition coefficient (Wildman–Crippen LogP) is 0.678. The molecule has 0 aliphatic carbocycles. The second-order valence-electron chi connectivity index (χ2n) is 6.55. The minimum atomic E-state index is -0.411. The lowest BCUT2D eigenvalue weighted by Crippen LogP contribution is -3.00. The number of piperidine rings is 1. The molecule has 2 aromatic carbocycles. The number of halogens is 1. The second kappa shape index (κ2) is 7.46. The predicted molar refractivity (Wildman–Crippen MR) is 92.5 cm³/mol. The van der Waals surface area contributed by atoms with Crippen molar-refractivity contribution >= 4 is 5.97 Å². The number of hydrogen-bond acceptors (Lipinski definition) is 4. The Morgan fingerprint density at radius 3 is 2.12 bits per heavy atom. The highest BCUT2D eigenvalue weighted by atomic mass is 35.5. The maximum Gasteiger partial charge on any atom is 1.00 e. The molecule has 1 fully saturated rings. The van der Waals surface area contributed by atoms with Gasteiger partial charge < -0.3 is 26.8 Å². The van der Waals surface area contributed by atoms with Crippen molar-refractivity contribution in [3.05, 3.63) is 59.7 Å². The smallest absolute Gasteiger partial charge is 1.00 e. The Hall–Kier alpha value is -2.04. The highest BCUT2D eigenvalue weighted by Crippen LogP contribution is 2.44. The summed E-state index contributed by atoms with van der Waals surface area (Å²) >= 11 is 0. The fourth-order valence-corrected chi connectivity index (χ4v) is 3.50. The molecule has 0 spiro atoms. The van der Waals surface area contributed by atoms with Crippen LogP contribution < -0.4 is 17.1 Å². The fourth-order valence-electron chi connectivity index (χ4n) is 3.50. The summed E-state index contributed by atoms with van der Waals surface area (Å²) in [4.78, 5) is 15.2. The molecule has 4 rings (SSSR count). The number of nitrogens with zero attached hydrogens (tertiary/aromatic N) is 1. The minimum absolute atomic E-state index is 0. The van der Waals surface area contributed by atoms with Crippen molar-refractivity contribution in [3.8, 4) is 11.5 Å². The molecular weight excluding hydrogens is 338 g/mol. The molecule has 4 nitrogen and oxygen atoms in total. The van der Waals surface area contributed by atoms with Gasteiger partial charge in [0.25, 0.3) is 0 Å². The number of likely N-dealkylation sites (tertiary alicyclic amines) is 1. The number of benzene rings is 2. The Morgan fingerprint density at radius 1 is 1.04 bits per heavy atom. The van der Waals surface area contributed by atoms with Gasteiger partial charge in [-0.1, -0.05) is 36.4 Å². The maximum absolute atomic E-state index is 13.0.